The molecule has 0 spiro atoms. The van der Waals surface area contributed by atoms with Gasteiger partial charge in [-0.3, -0.25) is 4.79 Å². The molecule has 25 heavy (non-hydrogen) atoms. The Balaban J connectivity index is 1.64. The van der Waals surface area contributed by atoms with Crippen LogP contribution in [0.25, 0.3) is 0 Å². The van der Waals surface area contributed by atoms with Crippen LogP contribution < -0.4 is 5.32 Å². The first kappa shape index (κ1) is 17.5. The molecule has 134 valence electrons. The van der Waals surface area contributed by atoms with Crippen molar-refractivity contribution in [3.63, 3.8) is 0 Å². The van der Waals surface area contributed by atoms with Gasteiger partial charge < -0.3 is 14.6 Å². The molecule has 0 saturated heterocycles. The molecule has 0 aliphatic heterocycles. The van der Waals surface area contributed by atoms with Crippen molar-refractivity contribution in [3.05, 3.63) is 41.8 Å². The minimum absolute atomic E-state index is 0.0151. The zero-order chi connectivity index (χ0) is 17.7. The van der Waals surface area contributed by atoms with Crippen molar-refractivity contribution in [1.29, 1.82) is 0 Å². The summed E-state index contributed by atoms with van der Waals surface area (Å²) in [5, 5.41) is 6.65. The molecule has 1 aromatic heterocycles. The summed E-state index contributed by atoms with van der Waals surface area (Å²) in [6.45, 7) is 0.642. The largest absolute Gasteiger partial charge is 0.385 e. The van der Waals surface area contributed by atoms with Crippen LogP contribution in [0.15, 0.2) is 28.8 Å². The van der Waals surface area contributed by atoms with Crippen molar-refractivity contribution in [1.82, 2.24) is 10.1 Å². The van der Waals surface area contributed by atoms with Crippen molar-refractivity contribution in [2.45, 2.75) is 43.9 Å². The van der Waals surface area contributed by atoms with Crippen LogP contribution in [0.3, 0.4) is 0 Å². The van der Waals surface area contributed by atoms with E-state index in [-0.39, 0.29) is 23.6 Å². The van der Waals surface area contributed by atoms with Crippen molar-refractivity contribution >= 4 is 11.6 Å². The number of anilines is 1. The lowest BCUT2D eigenvalue weighted by molar-refractivity contribution is -0.115. The molecular weight excluding hydrogens is 325 g/mol. The molecule has 1 fully saturated rings. The summed E-state index contributed by atoms with van der Waals surface area (Å²) in [7, 11) is 1.68. The maximum absolute atomic E-state index is 12.9. The molecule has 3 rings (SSSR count). The molecule has 0 atom stereocenters. The molecule has 1 saturated carbocycles. The fraction of sp³-hybridized carbons (Fsp3) is 0.500. The molecule has 0 unspecified atom stereocenters. The Kier molecular flexibility index (Phi) is 5.43. The number of benzene rings is 1. The van der Waals surface area contributed by atoms with Gasteiger partial charge in [0, 0.05) is 19.4 Å². The summed E-state index contributed by atoms with van der Waals surface area (Å²) in [4.78, 5) is 16.6. The highest BCUT2D eigenvalue weighted by molar-refractivity contribution is 5.91. The van der Waals surface area contributed by atoms with Crippen LogP contribution in [-0.2, 0) is 21.4 Å². The Hall–Kier alpha value is -2.28. The predicted molar refractivity (Wildman–Crippen MR) is 89.7 cm³/mol. The van der Waals surface area contributed by atoms with Crippen LogP contribution in [0.5, 0.6) is 0 Å². The number of carbonyl (C=O) groups excluding carboxylic acids is 1. The Morgan fingerprint density at radius 3 is 2.72 bits per heavy atom. The van der Waals surface area contributed by atoms with Crippen LogP contribution >= 0.6 is 0 Å². The molecule has 6 nitrogen and oxygen atoms in total. The molecule has 1 aliphatic carbocycles. The topological polar surface area (TPSA) is 77.2 Å². The number of nitrogens with zero attached hydrogens (tertiary/aromatic N) is 2. The lowest BCUT2D eigenvalue weighted by atomic mass is 9.83. The van der Waals surface area contributed by atoms with E-state index in [1.54, 1.807) is 7.11 Å². The van der Waals surface area contributed by atoms with Crippen molar-refractivity contribution < 1.29 is 18.4 Å². The molecule has 0 radical (unpaired) electrons. The average Bonchev–Trinajstić information content (AvgIpc) is 3.25. The van der Waals surface area contributed by atoms with Crippen LogP contribution in [0, 0.1) is 5.82 Å². The number of rotatable bonds is 7. The fourth-order valence-electron chi connectivity index (χ4n) is 3.34. The molecule has 1 heterocycles. The first-order chi connectivity index (χ1) is 12.1. The van der Waals surface area contributed by atoms with Gasteiger partial charge in [-0.15, -0.1) is 0 Å². The molecule has 0 bridgehead atoms. The summed E-state index contributed by atoms with van der Waals surface area (Å²) >= 11 is 0. The standard InChI is InChI=1S/C18H22FN3O3/c1-24-11-10-18(8-2-3-9-18)17-21-15(22-25-17)12-16(23)20-14-6-4-13(19)5-7-14/h4-7H,2-3,8-12H2,1H3,(H,20,23). The summed E-state index contributed by atoms with van der Waals surface area (Å²) < 4.78 is 23.6. The van der Waals surface area contributed by atoms with Gasteiger partial charge in [0.2, 0.25) is 11.8 Å². The SMILES string of the molecule is COCCC1(c2nc(CC(=O)Nc3ccc(F)cc3)no2)CCCC1. The summed E-state index contributed by atoms with van der Waals surface area (Å²) in [5.41, 5.74) is 0.400. The second-order valence-corrected chi connectivity index (χ2v) is 6.48. The molecule has 1 amide bonds. The highest BCUT2D eigenvalue weighted by Crippen LogP contribution is 2.43. The fourth-order valence-corrected chi connectivity index (χ4v) is 3.34. The maximum Gasteiger partial charge on any atom is 0.232 e. The smallest absolute Gasteiger partial charge is 0.232 e. The highest BCUT2D eigenvalue weighted by Gasteiger charge is 2.40. The second kappa shape index (κ2) is 7.74. The first-order valence-electron chi connectivity index (χ1n) is 8.49. The Labute approximate surface area is 145 Å². The van der Waals surface area contributed by atoms with Crippen molar-refractivity contribution in [3.8, 4) is 0 Å². The third kappa shape index (κ3) is 4.22. The molecule has 7 heteroatoms. The third-order valence-corrected chi connectivity index (χ3v) is 4.71. The summed E-state index contributed by atoms with van der Waals surface area (Å²) in [6.07, 6.45) is 5.12. The van der Waals surface area contributed by atoms with Crippen LogP contribution in [0.2, 0.25) is 0 Å². The predicted octanol–water partition coefficient (Wildman–Crippen LogP) is 3.24. The number of hydrogen-bond acceptors (Lipinski definition) is 5. The van der Waals surface area contributed by atoms with Gasteiger partial charge >= 0.3 is 0 Å². The quantitative estimate of drug-likeness (QED) is 0.832. The lowest BCUT2D eigenvalue weighted by Gasteiger charge is -2.23. The van der Waals surface area contributed by atoms with Crippen LogP contribution in [-0.4, -0.2) is 29.8 Å². The van der Waals surface area contributed by atoms with Crippen LogP contribution in [0.4, 0.5) is 10.1 Å². The van der Waals surface area contributed by atoms with E-state index in [0.29, 0.717) is 24.0 Å². The number of aromatic nitrogens is 2. The minimum Gasteiger partial charge on any atom is -0.385 e. The number of ether oxygens (including phenoxy) is 1. The Morgan fingerprint density at radius 2 is 2.04 bits per heavy atom. The van der Waals surface area contributed by atoms with Crippen molar-refractivity contribution in [2.75, 3.05) is 19.0 Å². The van der Waals surface area contributed by atoms with Gasteiger partial charge in [0.05, 0.1) is 11.8 Å². The first-order valence-corrected chi connectivity index (χ1v) is 8.49. The summed E-state index contributed by atoms with van der Waals surface area (Å²) in [6, 6.07) is 5.60. The molecule has 1 N–H and O–H groups in total. The molecular formula is C18H22FN3O3. The Morgan fingerprint density at radius 1 is 1.32 bits per heavy atom. The van der Waals surface area contributed by atoms with E-state index in [4.69, 9.17) is 9.26 Å². The monoisotopic (exact) mass is 347 g/mol. The van der Waals surface area contributed by atoms with E-state index < -0.39 is 0 Å². The van der Waals surface area contributed by atoms with Gasteiger partial charge in [0.1, 0.15) is 5.82 Å². The molecule has 1 aromatic carbocycles. The van der Waals surface area contributed by atoms with Gasteiger partial charge in [-0.25, -0.2) is 4.39 Å². The van der Waals surface area contributed by atoms with Gasteiger partial charge in [0.15, 0.2) is 5.82 Å². The number of carbonyl (C=O) groups is 1. The van der Waals surface area contributed by atoms with E-state index in [9.17, 15) is 9.18 Å². The van der Waals surface area contributed by atoms with E-state index >= 15 is 0 Å². The average molecular weight is 347 g/mol. The third-order valence-electron chi connectivity index (χ3n) is 4.71. The van der Waals surface area contributed by atoms with E-state index in [1.807, 2.05) is 0 Å². The number of nitrogens with one attached hydrogen (secondary N) is 1. The van der Waals surface area contributed by atoms with Gasteiger partial charge in [-0.2, -0.15) is 4.98 Å². The molecule has 2 aromatic rings. The maximum atomic E-state index is 12.9. The van der Waals surface area contributed by atoms with Crippen LogP contribution in [0.1, 0.15) is 43.8 Å². The second-order valence-electron chi connectivity index (χ2n) is 6.48. The summed E-state index contributed by atoms with van der Waals surface area (Å²) in [5.74, 6) is 0.347. The van der Waals surface area contributed by atoms with E-state index in [0.717, 1.165) is 32.1 Å². The van der Waals surface area contributed by atoms with E-state index in [1.165, 1.54) is 24.3 Å². The highest BCUT2D eigenvalue weighted by atomic mass is 19.1. The Bertz CT molecular complexity index is 709. The van der Waals surface area contributed by atoms with Gasteiger partial charge in [0.25, 0.3) is 0 Å². The van der Waals surface area contributed by atoms with Crippen molar-refractivity contribution in [2.24, 2.45) is 0 Å². The normalized spacial score (nSPS) is 16.1. The number of amides is 1. The lowest BCUT2D eigenvalue weighted by Crippen LogP contribution is -2.24. The minimum atomic E-state index is -0.348. The molecule has 1 aliphatic rings. The number of methoxy groups -OCH3 is 1. The zero-order valence-corrected chi connectivity index (χ0v) is 14.3. The van der Waals surface area contributed by atoms with E-state index in [2.05, 4.69) is 15.5 Å². The van der Waals surface area contributed by atoms with Gasteiger partial charge in [-0.1, -0.05) is 18.0 Å². The number of halogens is 1. The zero-order valence-electron chi connectivity index (χ0n) is 14.3. The van der Waals surface area contributed by atoms with Gasteiger partial charge in [-0.05, 0) is 43.5 Å². The number of hydrogen-bond donors (Lipinski definition) is 1.